The highest BCUT2D eigenvalue weighted by Crippen LogP contribution is 2.41. The number of aliphatic hydroxyl groups excluding tert-OH is 1. The van der Waals surface area contributed by atoms with Gasteiger partial charge in [0.1, 0.15) is 42.8 Å². The van der Waals surface area contributed by atoms with Gasteiger partial charge in [0.05, 0.1) is 109 Å². The molecule has 0 radical (unpaired) electrons. The molecular formula is C97H97BrClF11N8O22. The molecule has 0 bridgehead atoms. The number of para-hydroxylation sites is 1. The summed E-state index contributed by atoms with van der Waals surface area (Å²) in [4.78, 5) is 81.9. The van der Waals surface area contributed by atoms with Gasteiger partial charge in [-0.05, 0) is 204 Å². The first-order valence-electron chi connectivity index (χ1n) is 43.0. The van der Waals surface area contributed by atoms with Crippen molar-refractivity contribution in [2.45, 2.75) is 178 Å². The molecule has 4 amide bonds. The predicted octanol–water partition coefficient (Wildman–Crippen LogP) is 23.1. The summed E-state index contributed by atoms with van der Waals surface area (Å²) in [6.45, 7) is 5.35. The first-order valence-corrected chi connectivity index (χ1v) is 43.4. The number of fused-ring (bicyclic) bond motifs is 2. The number of nitrogens with zero attached hydrogens (tertiary/aromatic N) is 6. The second-order valence-corrected chi connectivity index (χ2v) is 30.7. The number of nitrogens with two attached hydrogens (primary N) is 1. The third kappa shape index (κ3) is 32.6. The number of benzene rings is 8. The zero-order chi connectivity index (χ0) is 102. The maximum Gasteiger partial charge on any atom is 0.387 e. The Kier molecular flexibility index (Phi) is 42.1. The van der Waals surface area contributed by atoms with Crippen molar-refractivity contribution in [2.24, 2.45) is 5.73 Å². The molecule has 15 rings (SSSR count). The molecule has 13 aromatic rings. The van der Waals surface area contributed by atoms with Crippen molar-refractivity contribution >= 4 is 57.7 Å². The van der Waals surface area contributed by atoms with Crippen molar-refractivity contribution < 1.29 is 153 Å². The van der Waals surface area contributed by atoms with Gasteiger partial charge in [0, 0.05) is 52.5 Å². The summed E-state index contributed by atoms with van der Waals surface area (Å²) < 4.78 is 223. The lowest BCUT2D eigenvalue weighted by molar-refractivity contribution is -0.0524. The van der Waals surface area contributed by atoms with E-state index in [2.05, 4.69) is 69.9 Å². The van der Waals surface area contributed by atoms with Gasteiger partial charge in [0.2, 0.25) is 29.5 Å². The van der Waals surface area contributed by atoms with Crippen molar-refractivity contribution in [1.82, 2.24) is 35.1 Å². The van der Waals surface area contributed by atoms with Gasteiger partial charge in [-0.15, -0.1) is 12.4 Å². The van der Waals surface area contributed by atoms with E-state index in [-0.39, 0.29) is 156 Å². The molecule has 0 atom stereocenters. The second-order valence-electron chi connectivity index (χ2n) is 30.2. The average Bonchev–Trinajstić information content (AvgIpc) is 1.62. The van der Waals surface area contributed by atoms with Crippen LogP contribution in [0.3, 0.4) is 0 Å². The molecule has 0 saturated carbocycles. The van der Waals surface area contributed by atoms with E-state index < -0.39 is 52.0 Å². The predicted molar refractivity (Wildman–Crippen MR) is 492 cm³/mol. The number of carbonyl (C=O) groups is 5. The van der Waals surface area contributed by atoms with Crippen LogP contribution in [0.5, 0.6) is 63.2 Å². The van der Waals surface area contributed by atoms with Gasteiger partial charge in [-0.3, -0.25) is 38.6 Å². The number of alkyl halides is 12. The van der Waals surface area contributed by atoms with E-state index in [1.54, 1.807) is 166 Å². The molecule has 0 fully saturated rings. The highest BCUT2D eigenvalue weighted by Gasteiger charge is 2.36. The summed E-state index contributed by atoms with van der Waals surface area (Å²) >= 11 is 3.28. The van der Waals surface area contributed by atoms with E-state index in [1.807, 2.05) is 13.0 Å². The van der Waals surface area contributed by atoms with Gasteiger partial charge in [-0.25, -0.2) is 24.9 Å². The highest BCUT2D eigenvalue weighted by molar-refractivity contribution is 9.08. The second kappa shape index (κ2) is 54.0. The fraction of sp³-hybridized carbons (Fsp3) is 0.299. The maximum absolute atomic E-state index is 12.7. The number of Topliss-reactive ketones (excluding diaryl/α,β-unsaturated/α-hetero) is 1. The van der Waals surface area contributed by atoms with Crippen molar-refractivity contribution in [3.8, 4) is 121 Å². The molecule has 7 heterocycles. The summed E-state index contributed by atoms with van der Waals surface area (Å²) in [5.74, 6) is 1.18. The Morgan fingerprint density at radius 2 is 0.693 bits per heavy atom. The molecule has 5 aromatic heterocycles. The van der Waals surface area contributed by atoms with Gasteiger partial charge in [-0.2, -0.15) is 43.9 Å². The molecule has 30 nitrogen and oxygen atoms in total. The fourth-order valence-electron chi connectivity index (χ4n) is 12.5. The monoisotopic (exact) mass is 2050 g/mol. The number of halogens is 13. The van der Waals surface area contributed by atoms with Crippen LogP contribution in [0.1, 0.15) is 164 Å². The standard InChI is InChI=1S/C24H25F2NO5.C22H18F2N2O5.C14H14BrF2NO3.C14H16F2N2O3.C14H15F2NO4.C8H5NO2.CH3F.ClH/c1-4-29-20-8-6-5-7-18(20)19(28)11-10-17-14-30-23(27-17)16-9-12-21(32-24(25)26)22(13-16)31-15(2)3;1-12(2)30-18-9-13(7-8-17(18)31-22(23)24)19-25-14(11-29-19)10-26-20(27)15-5-3-4-6-16(15)21(26)28;1-8(2)20-12-5-9(3-4-11(12)21-14(16)17)13-18-10(6-15)7-19-13;1-8(2)20-12-5-9(3-4-11(12)21-14(15)16)13-18-10(6-17)7-19-13;1-8(2)20-12-5-9(3-4-11(12)21-14(15)16)13-17-10(6-18)7-19-13;10-7-5-3-1-2-4-6(5)8(11)9-7;1-2;/h5-9,12-15,24H,4,10-11H2,1-3H3;3-9,11-12,22H,10H2,1-2H3;3-5,7-8,14H,6H2,1-2H3;3-5,7-8,14H,6,17H2,1-2H3;3-5,7-8,14,18H,6H2,1-2H3;1-4H,(H,9,10,11);1H3;1H/i;;;;;;1D;. The van der Waals surface area contributed by atoms with Crippen LogP contribution in [0, 0.1) is 0 Å². The Labute approximate surface area is 810 Å². The maximum atomic E-state index is 12.7. The number of aliphatic hydroxyl groups is 1. The van der Waals surface area contributed by atoms with E-state index in [0.29, 0.717) is 120 Å². The number of aryl methyl sites for hydroxylation is 1. The van der Waals surface area contributed by atoms with Gasteiger partial charge in [-0.1, -0.05) is 52.3 Å². The topological polar surface area (TPSA) is 379 Å². The minimum Gasteiger partial charge on any atom is -0.493 e. The van der Waals surface area contributed by atoms with Gasteiger partial charge in [0.25, 0.3) is 23.6 Å². The van der Waals surface area contributed by atoms with Crippen molar-refractivity contribution in [1.29, 1.82) is 0 Å². The first-order chi connectivity index (χ1) is 66.9. The summed E-state index contributed by atoms with van der Waals surface area (Å²) in [5, 5.41) is 11.7. The van der Waals surface area contributed by atoms with Crippen LogP contribution in [0.15, 0.2) is 217 Å². The third-order valence-corrected chi connectivity index (χ3v) is 18.6. The largest absolute Gasteiger partial charge is 0.493 e. The summed E-state index contributed by atoms with van der Waals surface area (Å²) in [7, 11) is -1.00. The Bertz CT molecular complexity index is 5900. The van der Waals surface area contributed by atoms with Crippen LogP contribution < -0.4 is 63.2 Å². The van der Waals surface area contributed by atoms with Crippen molar-refractivity contribution in [3.05, 3.63) is 251 Å². The zero-order valence-electron chi connectivity index (χ0n) is 77.6. The van der Waals surface area contributed by atoms with Crippen LogP contribution in [-0.2, 0) is 31.4 Å². The molecule has 4 N–H and O–H groups in total. The number of aromatic nitrogens is 5. The van der Waals surface area contributed by atoms with Crippen LogP contribution in [0.25, 0.3) is 57.3 Å². The average molecular weight is 2050 g/mol. The first kappa shape index (κ1) is 109. The van der Waals surface area contributed by atoms with E-state index in [0.717, 1.165) is 10.6 Å². The SMILES string of the molecule is CC(C)Oc1cc(-c2nc(CBr)co2)ccc1OC(F)F.CC(C)Oc1cc(-c2nc(CN)co2)ccc1OC(F)F.CC(C)Oc1cc(-c2nc(CN3C(=O)c4ccccc4C3=O)co2)ccc1OC(F)F.CC(C)Oc1cc(-c2nc(CO)co2)ccc1OC(F)F.CCOc1ccccc1C(=O)CCc1coc(-c2ccc(OC(F)F)c(OC(C)C)c2)n1.Cl.O=C1NC(=O)c2ccccc21.[2H]CF. The molecule has 8 aromatic carbocycles. The molecule has 0 saturated heterocycles. The van der Waals surface area contributed by atoms with Crippen LogP contribution in [0.2, 0.25) is 0 Å². The number of ether oxygens (including phenoxy) is 11. The minimum absolute atomic E-state index is 0. The molecule has 0 spiro atoms. The minimum atomic E-state index is -2.99. The number of nitrogens with one attached hydrogen (secondary N) is 1. The third-order valence-electron chi connectivity index (χ3n) is 18.1. The van der Waals surface area contributed by atoms with Crippen LogP contribution >= 0.6 is 28.3 Å². The Morgan fingerprint density at radius 1 is 0.407 bits per heavy atom. The van der Waals surface area contributed by atoms with Gasteiger partial charge in [0.15, 0.2) is 63.3 Å². The number of oxazole rings is 5. The lowest BCUT2D eigenvalue weighted by Gasteiger charge is -2.15. The number of imide groups is 2. The molecule has 140 heavy (non-hydrogen) atoms. The molecule has 2 aliphatic heterocycles. The molecule has 2 aliphatic rings. The molecule has 43 heteroatoms. The lowest BCUT2D eigenvalue weighted by Crippen LogP contribution is -2.29. The fourth-order valence-corrected chi connectivity index (χ4v) is 12.8. The number of carbonyl (C=O) groups excluding carboxylic acids is 5. The lowest BCUT2D eigenvalue weighted by atomic mass is 10.0. The quantitative estimate of drug-likeness (QED) is 0.0142. The number of ketones is 1. The number of amides is 4. The summed E-state index contributed by atoms with van der Waals surface area (Å²) in [5.41, 5.74) is 13.1. The van der Waals surface area contributed by atoms with Crippen molar-refractivity contribution in [3.63, 3.8) is 0 Å². The van der Waals surface area contributed by atoms with Crippen molar-refractivity contribution in [2.75, 3.05) is 13.8 Å². The molecule has 748 valence electrons. The molecule has 0 aliphatic carbocycles. The van der Waals surface area contributed by atoms with Crippen LogP contribution in [0.4, 0.5) is 48.3 Å². The van der Waals surface area contributed by atoms with E-state index >= 15 is 0 Å². The highest BCUT2D eigenvalue weighted by atomic mass is 79.9. The molecular weight excluding hydrogens is 1950 g/mol. The van der Waals surface area contributed by atoms with E-state index in [4.69, 9.17) is 62.7 Å². The van der Waals surface area contributed by atoms with Gasteiger partial charge < -0.3 is 85.0 Å². The Balaban J connectivity index is 0.000000210. The number of hydrogen-bond donors (Lipinski definition) is 3. The summed E-state index contributed by atoms with van der Waals surface area (Å²) in [6.07, 6.45) is 6.63. The zero-order valence-corrected chi connectivity index (χ0v) is 79.0. The number of hydrogen-bond acceptors (Lipinski definition) is 28. The normalized spacial score (nSPS) is 11.8. The summed E-state index contributed by atoms with van der Waals surface area (Å²) in [6, 6.07) is 42.7. The molecule has 0 unspecified atom stereocenters. The Morgan fingerprint density at radius 3 is 0.993 bits per heavy atom. The number of rotatable bonds is 36. The smallest absolute Gasteiger partial charge is 0.387 e. The van der Waals surface area contributed by atoms with E-state index in [9.17, 15) is 72.3 Å². The van der Waals surface area contributed by atoms with E-state index in [1.165, 1.54) is 92.0 Å². The Hall–Kier alpha value is -14.5. The van der Waals surface area contributed by atoms with Gasteiger partial charge >= 0.3 is 33.1 Å². The van der Waals surface area contributed by atoms with Crippen LogP contribution in [-0.4, -0.2) is 142 Å².